The summed E-state index contributed by atoms with van der Waals surface area (Å²) in [6.07, 6.45) is 2.12. The van der Waals surface area contributed by atoms with E-state index in [1.165, 1.54) is 11.3 Å². The first kappa shape index (κ1) is 16.9. The van der Waals surface area contributed by atoms with Crippen molar-refractivity contribution in [1.82, 2.24) is 9.62 Å². The molecule has 0 spiro atoms. The van der Waals surface area contributed by atoms with Crippen LogP contribution in [-0.4, -0.2) is 51.2 Å². The number of likely N-dealkylation sites (tertiary alicyclic amines) is 1. The fourth-order valence-corrected chi connectivity index (χ4v) is 5.47. The van der Waals surface area contributed by atoms with Crippen LogP contribution in [0.25, 0.3) is 10.1 Å². The predicted octanol–water partition coefficient (Wildman–Crippen LogP) is 1.88. The molecule has 1 unspecified atom stereocenters. The molecule has 3 rings (SSSR count). The standard InChI is InChI=1S/C16H22N2O3S2/c19-12-13-4-3-8-18(11-13)9-7-17-23(20,21)16-10-14-5-1-2-6-15(14)22-16/h1-2,5-6,10,13,17,19H,3-4,7-9,11-12H2. The number of sulfonamides is 1. The molecule has 5 nitrogen and oxygen atoms in total. The van der Waals surface area contributed by atoms with Gasteiger partial charge in [0.05, 0.1) is 0 Å². The van der Waals surface area contributed by atoms with Gasteiger partial charge in [0, 0.05) is 30.9 Å². The fourth-order valence-electron chi connectivity index (χ4n) is 3.00. The van der Waals surface area contributed by atoms with Crippen molar-refractivity contribution < 1.29 is 13.5 Å². The number of thiophene rings is 1. The number of aliphatic hydroxyl groups is 1. The third-order valence-corrected chi connectivity index (χ3v) is 7.30. The summed E-state index contributed by atoms with van der Waals surface area (Å²) in [5, 5.41) is 10.2. The molecule has 23 heavy (non-hydrogen) atoms. The van der Waals surface area contributed by atoms with Crippen molar-refractivity contribution >= 4 is 31.4 Å². The van der Waals surface area contributed by atoms with Crippen LogP contribution >= 0.6 is 11.3 Å². The summed E-state index contributed by atoms with van der Waals surface area (Å²) in [5.74, 6) is 0.322. The Morgan fingerprint density at radius 3 is 2.96 bits per heavy atom. The highest BCUT2D eigenvalue weighted by Gasteiger charge is 2.21. The number of nitrogens with zero attached hydrogens (tertiary/aromatic N) is 1. The zero-order valence-electron chi connectivity index (χ0n) is 12.9. The first-order valence-corrected chi connectivity index (χ1v) is 10.2. The van der Waals surface area contributed by atoms with Crippen molar-refractivity contribution in [3.05, 3.63) is 30.3 Å². The van der Waals surface area contributed by atoms with E-state index in [2.05, 4.69) is 9.62 Å². The summed E-state index contributed by atoms with van der Waals surface area (Å²) < 4.78 is 28.9. The summed E-state index contributed by atoms with van der Waals surface area (Å²) in [7, 11) is -3.45. The summed E-state index contributed by atoms with van der Waals surface area (Å²) in [4.78, 5) is 2.22. The van der Waals surface area contributed by atoms with Gasteiger partial charge in [0.1, 0.15) is 4.21 Å². The molecule has 2 N–H and O–H groups in total. The topological polar surface area (TPSA) is 69.6 Å². The van der Waals surface area contributed by atoms with Gasteiger partial charge in [-0.05, 0) is 42.8 Å². The van der Waals surface area contributed by atoms with Crippen LogP contribution in [0.4, 0.5) is 0 Å². The van der Waals surface area contributed by atoms with Gasteiger partial charge in [0.15, 0.2) is 0 Å². The molecule has 0 radical (unpaired) electrons. The third kappa shape index (κ3) is 4.10. The van der Waals surface area contributed by atoms with Crippen LogP contribution in [0.3, 0.4) is 0 Å². The van der Waals surface area contributed by atoms with E-state index < -0.39 is 10.0 Å². The van der Waals surface area contributed by atoms with E-state index in [0.717, 1.165) is 36.0 Å². The van der Waals surface area contributed by atoms with E-state index in [4.69, 9.17) is 0 Å². The zero-order chi connectivity index (χ0) is 16.3. The minimum absolute atomic E-state index is 0.212. The molecule has 1 aliphatic rings. The quantitative estimate of drug-likeness (QED) is 0.831. The molecule has 126 valence electrons. The van der Waals surface area contributed by atoms with Crippen molar-refractivity contribution in [2.24, 2.45) is 5.92 Å². The largest absolute Gasteiger partial charge is 0.396 e. The number of hydrogen-bond donors (Lipinski definition) is 2. The highest BCUT2D eigenvalue weighted by atomic mass is 32.2. The van der Waals surface area contributed by atoms with Crippen molar-refractivity contribution in [2.75, 3.05) is 32.8 Å². The van der Waals surface area contributed by atoms with E-state index in [-0.39, 0.29) is 6.61 Å². The molecule has 0 bridgehead atoms. The number of rotatable bonds is 6. The second-order valence-corrected chi connectivity index (χ2v) is 9.07. The van der Waals surface area contributed by atoms with Crippen LogP contribution in [0, 0.1) is 5.92 Å². The maximum atomic E-state index is 12.4. The highest BCUT2D eigenvalue weighted by molar-refractivity contribution is 7.91. The van der Waals surface area contributed by atoms with Gasteiger partial charge in [-0.2, -0.15) is 0 Å². The zero-order valence-corrected chi connectivity index (χ0v) is 14.6. The summed E-state index contributed by atoms with van der Waals surface area (Å²) in [5.41, 5.74) is 0. The number of hydrogen-bond acceptors (Lipinski definition) is 5. The van der Waals surface area contributed by atoms with E-state index in [9.17, 15) is 13.5 Å². The Kier molecular flexibility index (Phi) is 5.33. The molecule has 1 saturated heterocycles. The van der Waals surface area contributed by atoms with Gasteiger partial charge in [0.25, 0.3) is 0 Å². The number of aliphatic hydroxyl groups excluding tert-OH is 1. The second kappa shape index (κ2) is 7.27. The number of piperidine rings is 1. The number of benzene rings is 1. The van der Waals surface area contributed by atoms with Gasteiger partial charge in [-0.1, -0.05) is 18.2 Å². The van der Waals surface area contributed by atoms with Crippen LogP contribution in [-0.2, 0) is 10.0 Å². The molecule has 0 aliphatic carbocycles. The molecular formula is C16H22N2O3S2. The highest BCUT2D eigenvalue weighted by Crippen LogP contribution is 2.28. The number of nitrogens with one attached hydrogen (secondary N) is 1. The monoisotopic (exact) mass is 354 g/mol. The van der Waals surface area contributed by atoms with Crippen LogP contribution in [0.1, 0.15) is 12.8 Å². The lowest BCUT2D eigenvalue weighted by Gasteiger charge is -2.31. The maximum Gasteiger partial charge on any atom is 0.250 e. The van der Waals surface area contributed by atoms with Gasteiger partial charge in [-0.15, -0.1) is 11.3 Å². The van der Waals surface area contributed by atoms with E-state index in [0.29, 0.717) is 23.2 Å². The molecule has 2 heterocycles. The van der Waals surface area contributed by atoms with Crippen molar-refractivity contribution in [2.45, 2.75) is 17.1 Å². The second-order valence-electron chi connectivity index (χ2n) is 5.99. The Labute approximate surface area is 141 Å². The Morgan fingerprint density at radius 1 is 1.35 bits per heavy atom. The van der Waals surface area contributed by atoms with E-state index in [1.54, 1.807) is 6.07 Å². The third-order valence-electron chi connectivity index (χ3n) is 4.25. The average molecular weight is 354 g/mol. The van der Waals surface area contributed by atoms with Gasteiger partial charge in [-0.25, -0.2) is 13.1 Å². The average Bonchev–Trinajstić information content (AvgIpc) is 3.00. The molecule has 7 heteroatoms. The van der Waals surface area contributed by atoms with Crippen molar-refractivity contribution in [3.63, 3.8) is 0 Å². The molecule has 2 aromatic rings. The molecule has 1 aliphatic heterocycles. The Bertz CT molecular complexity index is 725. The first-order valence-electron chi connectivity index (χ1n) is 7.90. The smallest absolute Gasteiger partial charge is 0.250 e. The number of fused-ring (bicyclic) bond motifs is 1. The van der Waals surface area contributed by atoms with E-state index in [1.807, 2.05) is 24.3 Å². The predicted molar refractivity (Wildman–Crippen MR) is 93.3 cm³/mol. The van der Waals surface area contributed by atoms with Gasteiger partial charge in [0.2, 0.25) is 10.0 Å². The van der Waals surface area contributed by atoms with Crippen LogP contribution in [0.5, 0.6) is 0 Å². The Balaban J connectivity index is 1.58. The SMILES string of the molecule is O=S(=O)(NCCN1CCCC(CO)C1)c1cc2ccccc2s1. The normalized spacial score (nSPS) is 20.1. The van der Waals surface area contributed by atoms with Gasteiger partial charge >= 0.3 is 0 Å². The molecule has 0 saturated carbocycles. The lowest BCUT2D eigenvalue weighted by atomic mass is 9.99. The molecular weight excluding hydrogens is 332 g/mol. The van der Waals surface area contributed by atoms with Gasteiger partial charge < -0.3 is 10.0 Å². The molecule has 1 atom stereocenters. The van der Waals surface area contributed by atoms with Crippen LogP contribution in [0.2, 0.25) is 0 Å². The Morgan fingerprint density at radius 2 is 2.17 bits per heavy atom. The lowest BCUT2D eigenvalue weighted by Crippen LogP contribution is -2.41. The molecule has 1 aromatic heterocycles. The van der Waals surface area contributed by atoms with Crippen LogP contribution < -0.4 is 4.72 Å². The summed E-state index contributed by atoms with van der Waals surface area (Å²) in [6.45, 7) is 3.11. The van der Waals surface area contributed by atoms with Crippen molar-refractivity contribution in [1.29, 1.82) is 0 Å². The molecule has 1 fully saturated rings. The van der Waals surface area contributed by atoms with Crippen molar-refractivity contribution in [3.8, 4) is 0 Å². The minimum atomic E-state index is -3.45. The van der Waals surface area contributed by atoms with Crippen LogP contribution in [0.15, 0.2) is 34.5 Å². The first-order chi connectivity index (χ1) is 11.1. The van der Waals surface area contributed by atoms with E-state index >= 15 is 0 Å². The fraction of sp³-hybridized carbons (Fsp3) is 0.500. The summed E-state index contributed by atoms with van der Waals surface area (Å²) >= 11 is 1.30. The lowest BCUT2D eigenvalue weighted by molar-refractivity contribution is 0.122. The molecule has 0 amide bonds. The van der Waals surface area contributed by atoms with Gasteiger partial charge in [-0.3, -0.25) is 0 Å². The maximum absolute atomic E-state index is 12.4. The molecule has 1 aromatic carbocycles. The Hall–Kier alpha value is -0.990. The summed E-state index contributed by atoms with van der Waals surface area (Å²) in [6, 6.07) is 9.41. The minimum Gasteiger partial charge on any atom is -0.396 e.